The molecule has 2 aromatic rings. The molecule has 9 heteroatoms. The van der Waals surface area contributed by atoms with Gasteiger partial charge < -0.3 is 9.73 Å². The number of hydrazone groups is 1. The number of hydrogen-bond donors (Lipinski definition) is 2. The number of nitro groups is 1. The predicted molar refractivity (Wildman–Crippen MR) is 79.9 cm³/mol. The zero-order valence-corrected chi connectivity index (χ0v) is 11.8. The van der Waals surface area contributed by atoms with Gasteiger partial charge in [-0.2, -0.15) is 5.10 Å². The Labute approximate surface area is 130 Å². The first kappa shape index (κ1) is 15.9. The minimum atomic E-state index is -0.584. The first-order valence-corrected chi connectivity index (χ1v) is 6.45. The molecule has 0 fully saturated rings. The first-order chi connectivity index (χ1) is 11.1. The van der Waals surface area contributed by atoms with E-state index in [-0.39, 0.29) is 23.6 Å². The highest BCUT2D eigenvalue weighted by molar-refractivity contribution is 5.94. The maximum Gasteiger partial charge on any atom is 0.287 e. The number of nitro benzene ring substituents is 1. The summed E-state index contributed by atoms with van der Waals surface area (Å²) in [5, 5.41) is 16.8. The number of amides is 2. The van der Waals surface area contributed by atoms with Crippen molar-refractivity contribution in [1.29, 1.82) is 0 Å². The topological polar surface area (TPSA) is 127 Å². The van der Waals surface area contributed by atoms with Crippen molar-refractivity contribution < 1.29 is 18.9 Å². The molecule has 1 heterocycles. The zero-order valence-electron chi connectivity index (χ0n) is 11.8. The van der Waals surface area contributed by atoms with Crippen LogP contribution in [0.5, 0.6) is 0 Å². The molecule has 0 atom stereocenters. The van der Waals surface area contributed by atoms with Crippen molar-refractivity contribution in [3.63, 3.8) is 0 Å². The van der Waals surface area contributed by atoms with Crippen LogP contribution < -0.4 is 10.7 Å². The van der Waals surface area contributed by atoms with Crippen molar-refractivity contribution in [3.8, 4) is 0 Å². The van der Waals surface area contributed by atoms with Crippen LogP contribution in [-0.2, 0) is 4.79 Å². The molecule has 0 aliphatic rings. The zero-order chi connectivity index (χ0) is 16.7. The fourth-order valence-corrected chi connectivity index (χ4v) is 1.63. The van der Waals surface area contributed by atoms with Gasteiger partial charge in [0, 0.05) is 6.07 Å². The first-order valence-electron chi connectivity index (χ1n) is 6.45. The van der Waals surface area contributed by atoms with E-state index in [1.54, 1.807) is 12.1 Å². The second-order valence-electron chi connectivity index (χ2n) is 4.27. The van der Waals surface area contributed by atoms with Crippen LogP contribution in [0.15, 0.2) is 52.2 Å². The minimum Gasteiger partial charge on any atom is -0.459 e. The molecule has 0 saturated heterocycles. The van der Waals surface area contributed by atoms with Gasteiger partial charge in [-0.15, -0.1) is 0 Å². The van der Waals surface area contributed by atoms with Crippen LogP contribution in [0.4, 0.5) is 5.69 Å². The van der Waals surface area contributed by atoms with E-state index in [4.69, 9.17) is 4.42 Å². The van der Waals surface area contributed by atoms with E-state index in [0.717, 1.165) is 6.21 Å². The summed E-state index contributed by atoms with van der Waals surface area (Å²) in [7, 11) is 0. The molecule has 0 aliphatic heterocycles. The van der Waals surface area contributed by atoms with Gasteiger partial charge in [-0.1, -0.05) is 12.1 Å². The Morgan fingerprint density at radius 3 is 2.74 bits per heavy atom. The number of benzene rings is 1. The summed E-state index contributed by atoms with van der Waals surface area (Å²) in [6.45, 7) is -0.312. The molecular weight excluding hydrogens is 304 g/mol. The van der Waals surface area contributed by atoms with Crippen LogP contribution >= 0.6 is 0 Å². The van der Waals surface area contributed by atoms with E-state index in [2.05, 4.69) is 15.8 Å². The van der Waals surface area contributed by atoms with Crippen LogP contribution in [0.2, 0.25) is 0 Å². The smallest absolute Gasteiger partial charge is 0.287 e. The van der Waals surface area contributed by atoms with Crippen LogP contribution in [0, 0.1) is 10.1 Å². The van der Waals surface area contributed by atoms with Crippen molar-refractivity contribution in [3.05, 3.63) is 64.1 Å². The van der Waals surface area contributed by atoms with Gasteiger partial charge in [-0.25, -0.2) is 5.43 Å². The molecule has 118 valence electrons. The summed E-state index contributed by atoms with van der Waals surface area (Å²) in [5.74, 6) is -1.03. The highest BCUT2D eigenvalue weighted by Crippen LogP contribution is 2.14. The molecular formula is C14H12N4O5. The summed E-state index contributed by atoms with van der Waals surface area (Å²) < 4.78 is 4.86. The van der Waals surface area contributed by atoms with E-state index >= 15 is 0 Å². The number of nitrogens with one attached hydrogen (secondary N) is 2. The fourth-order valence-electron chi connectivity index (χ4n) is 1.63. The van der Waals surface area contributed by atoms with E-state index in [0.29, 0.717) is 0 Å². The summed E-state index contributed by atoms with van der Waals surface area (Å²) >= 11 is 0. The van der Waals surface area contributed by atoms with Crippen molar-refractivity contribution in [2.24, 2.45) is 5.10 Å². The Morgan fingerprint density at radius 2 is 2.04 bits per heavy atom. The average molecular weight is 316 g/mol. The van der Waals surface area contributed by atoms with Gasteiger partial charge in [-0.3, -0.25) is 19.7 Å². The SMILES string of the molecule is O=C(CNC(=O)c1ccco1)N/N=C/c1ccccc1[N+](=O)[O-]. The van der Waals surface area contributed by atoms with Gasteiger partial charge >= 0.3 is 0 Å². The second kappa shape index (κ2) is 7.50. The van der Waals surface area contributed by atoms with E-state index in [9.17, 15) is 19.7 Å². The third kappa shape index (κ3) is 4.49. The number of hydrogen-bond acceptors (Lipinski definition) is 6. The quantitative estimate of drug-likeness (QED) is 0.468. The molecule has 0 spiro atoms. The van der Waals surface area contributed by atoms with E-state index in [1.807, 2.05) is 0 Å². The van der Waals surface area contributed by atoms with Crippen molar-refractivity contribution in [2.75, 3.05) is 6.54 Å². The van der Waals surface area contributed by atoms with E-state index in [1.165, 1.54) is 30.5 Å². The Bertz CT molecular complexity index is 739. The highest BCUT2D eigenvalue weighted by atomic mass is 16.6. The molecule has 1 aromatic heterocycles. The monoisotopic (exact) mass is 316 g/mol. The Morgan fingerprint density at radius 1 is 1.26 bits per heavy atom. The molecule has 0 radical (unpaired) electrons. The number of nitrogens with zero attached hydrogens (tertiary/aromatic N) is 2. The molecule has 2 amide bonds. The Balaban J connectivity index is 1.85. The number of para-hydroxylation sites is 1. The van der Waals surface area contributed by atoms with Crippen LogP contribution in [0.1, 0.15) is 16.1 Å². The molecule has 0 unspecified atom stereocenters. The Kier molecular flexibility index (Phi) is 5.18. The molecule has 2 rings (SSSR count). The van der Waals surface area contributed by atoms with Gasteiger partial charge in [-0.05, 0) is 18.2 Å². The summed E-state index contributed by atoms with van der Waals surface area (Å²) in [6, 6.07) is 8.96. The third-order valence-electron chi connectivity index (χ3n) is 2.68. The van der Waals surface area contributed by atoms with Crippen molar-refractivity contribution in [1.82, 2.24) is 10.7 Å². The lowest BCUT2D eigenvalue weighted by Gasteiger charge is -2.01. The van der Waals surface area contributed by atoms with Crippen molar-refractivity contribution >= 4 is 23.7 Å². The lowest BCUT2D eigenvalue weighted by atomic mass is 10.2. The standard InChI is InChI=1S/C14H12N4O5/c19-13(9-15-14(20)12-6-3-7-23-12)17-16-8-10-4-1-2-5-11(10)18(21)22/h1-8H,9H2,(H,15,20)(H,17,19)/b16-8+. The molecule has 0 bridgehead atoms. The lowest BCUT2D eigenvalue weighted by molar-refractivity contribution is -0.385. The van der Waals surface area contributed by atoms with Crippen LogP contribution in [-0.4, -0.2) is 29.5 Å². The number of rotatable bonds is 6. The normalized spacial score (nSPS) is 10.4. The molecule has 23 heavy (non-hydrogen) atoms. The van der Waals surface area contributed by atoms with Gasteiger partial charge in [0.1, 0.15) is 0 Å². The summed E-state index contributed by atoms with van der Waals surface area (Å²) in [5.41, 5.74) is 2.28. The summed E-state index contributed by atoms with van der Waals surface area (Å²) in [6.07, 6.45) is 2.50. The van der Waals surface area contributed by atoms with Crippen molar-refractivity contribution in [2.45, 2.75) is 0 Å². The second-order valence-corrected chi connectivity index (χ2v) is 4.27. The number of furan rings is 1. The molecule has 2 N–H and O–H groups in total. The summed E-state index contributed by atoms with van der Waals surface area (Å²) in [4.78, 5) is 33.3. The highest BCUT2D eigenvalue weighted by Gasteiger charge is 2.11. The fraction of sp³-hybridized carbons (Fsp3) is 0.0714. The molecule has 9 nitrogen and oxygen atoms in total. The number of carbonyl (C=O) groups is 2. The number of carbonyl (C=O) groups excluding carboxylic acids is 2. The molecule has 0 saturated carbocycles. The van der Waals surface area contributed by atoms with Crippen LogP contribution in [0.3, 0.4) is 0 Å². The Hall–Kier alpha value is -3.49. The molecule has 1 aromatic carbocycles. The van der Waals surface area contributed by atoms with Gasteiger partial charge in [0.15, 0.2) is 5.76 Å². The van der Waals surface area contributed by atoms with Crippen LogP contribution in [0.25, 0.3) is 0 Å². The maximum absolute atomic E-state index is 11.5. The van der Waals surface area contributed by atoms with Gasteiger partial charge in [0.2, 0.25) is 0 Å². The van der Waals surface area contributed by atoms with Gasteiger partial charge in [0.25, 0.3) is 17.5 Å². The third-order valence-corrected chi connectivity index (χ3v) is 2.68. The lowest BCUT2D eigenvalue weighted by Crippen LogP contribution is -2.34. The average Bonchev–Trinajstić information content (AvgIpc) is 3.07. The van der Waals surface area contributed by atoms with Gasteiger partial charge in [0.05, 0.1) is 29.5 Å². The largest absolute Gasteiger partial charge is 0.459 e. The van der Waals surface area contributed by atoms with E-state index < -0.39 is 16.7 Å². The maximum atomic E-state index is 11.5. The molecule has 0 aliphatic carbocycles. The predicted octanol–water partition coefficient (Wildman–Crippen LogP) is 1.07. The minimum absolute atomic E-state index is 0.0845.